The highest BCUT2D eigenvalue weighted by molar-refractivity contribution is 6.30. The van der Waals surface area contributed by atoms with E-state index in [1.54, 1.807) is 0 Å². The van der Waals surface area contributed by atoms with Crippen LogP contribution in [0, 0.1) is 6.92 Å². The fourth-order valence-corrected chi connectivity index (χ4v) is 2.09. The van der Waals surface area contributed by atoms with Gasteiger partial charge in [0.25, 0.3) is 0 Å². The number of rotatable bonds is 2. The van der Waals surface area contributed by atoms with E-state index in [9.17, 15) is 4.79 Å². The minimum absolute atomic E-state index is 0.336. The molecule has 1 heterocycles. The Hall–Kier alpha value is -1.16. The largest absolute Gasteiger partial charge is 0.369 e. The van der Waals surface area contributed by atoms with Gasteiger partial charge in [-0.25, -0.2) is 9.97 Å². The van der Waals surface area contributed by atoms with E-state index in [4.69, 9.17) is 17.3 Å². The van der Waals surface area contributed by atoms with E-state index in [-0.39, 0.29) is 5.91 Å². The van der Waals surface area contributed by atoms with Gasteiger partial charge in [-0.1, -0.05) is 11.6 Å². The Morgan fingerprint density at radius 2 is 2.21 bits per heavy atom. The van der Waals surface area contributed by atoms with Crippen molar-refractivity contribution in [2.75, 3.05) is 0 Å². The molecule has 1 aromatic rings. The third-order valence-corrected chi connectivity index (χ3v) is 2.98. The lowest BCUT2D eigenvalue weighted by Crippen LogP contribution is -2.29. The summed E-state index contributed by atoms with van der Waals surface area (Å²) in [5.41, 5.74) is 6.19. The Morgan fingerprint density at radius 1 is 1.57 bits per heavy atom. The predicted octanol–water partition coefficient (Wildman–Crippen LogP) is 0.955. The second kappa shape index (κ2) is 2.92. The van der Waals surface area contributed by atoms with Gasteiger partial charge in [-0.15, -0.1) is 0 Å². The van der Waals surface area contributed by atoms with Gasteiger partial charge in [0.1, 0.15) is 11.5 Å². The maximum absolute atomic E-state index is 11.3. The van der Waals surface area contributed by atoms with Crippen molar-refractivity contribution in [3.63, 3.8) is 0 Å². The van der Waals surface area contributed by atoms with Gasteiger partial charge in [0, 0.05) is 11.3 Å². The number of carbonyl (C=O) groups excluding carboxylic acids is 1. The van der Waals surface area contributed by atoms with Gasteiger partial charge in [-0.05, 0) is 19.8 Å². The second-order valence-electron chi connectivity index (χ2n) is 3.57. The van der Waals surface area contributed by atoms with Crippen LogP contribution in [0.15, 0.2) is 6.33 Å². The molecule has 1 aliphatic carbocycles. The summed E-state index contributed by atoms with van der Waals surface area (Å²) in [6.45, 7) is 1.81. The van der Waals surface area contributed by atoms with E-state index < -0.39 is 5.41 Å². The lowest BCUT2D eigenvalue weighted by molar-refractivity contribution is -0.120. The molecule has 1 fully saturated rings. The van der Waals surface area contributed by atoms with Crippen LogP contribution in [-0.2, 0) is 10.2 Å². The summed E-state index contributed by atoms with van der Waals surface area (Å²) >= 11 is 5.94. The summed E-state index contributed by atoms with van der Waals surface area (Å²) in [4.78, 5) is 19.2. The third-order valence-electron chi connectivity index (χ3n) is 2.69. The highest BCUT2D eigenvalue weighted by Gasteiger charge is 2.52. The fraction of sp³-hybridized carbons (Fsp3) is 0.444. The summed E-state index contributed by atoms with van der Waals surface area (Å²) < 4.78 is 0. The van der Waals surface area contributed by atoms with E-state index in [1.165, 1.54) is 6.33 Å². The van der Waals surface area contributed by atoms with Gasteiger partial charge in [-0.3, -0.25) is 4.79 Å². The Balaban J connectivity index is 2.56. The second-order valence-corrected chi connectivity index (χ2v) is 3.93. The first kappa shape index (κ1) is 9.40. The molecule has 0 spiro atoms. The van der Waals surface area contributed by atoms with Crippen molar-refractivity contribution in [1.82, 2.24) is 9.97 Å². The lowest BCUT2D eigenvalue weighted by Gasteiger charge is -2.14. The van der Waals surface area contributed by atoms with Crippen LogP contribution in [0.25, 0.3) is 0 Å². The fourth-order valence-electron chi connectivity index (χ4n) is 1.73. The number of amides is 1. The van der Waals surface area contributed by atoms with Crippen LogP contribution in [0.2, 0.25) is 5.15 Å². The third kappa shape index (κ3) is 1.18. The minimum Gasteiger partial charge on any atom is -0.369 e. The number of hydrogen-bond donors (Lipinski definition) is 1. The molecule has 1 aromatic heterocycles. The number of aryl methyl sites for hydroxylation is 1. The summed E-state index contributed by atoms with van der Waals surface area (Å²) in [6.07, 6.45) is 2.88. The van der Waals surface area contributed by atoms with Gasteiger partial charge in [0.2, 0.25) is 5.91 Å². The molecule has 0 bridgehead atoms. The maximum atomic E-state index is 11.3. The first-order chi connectivity index (χ1) is 6.58. The summed E-state index contributed by atoms with van der Waals surface area (Å²) in [5.74, 6) is -0.336. The molecule has 0 unspecified atom stereocenters. The van der Waals surface area contributed by atoms with Gasteiger partial charge in [-0.2, -0.15) is 0 Å². The van der Waals surface area contributed by atoms with Crippen LogP contribution in [0.5, 0.6) is 0 Å². The zero-order chi connectivity index (χ0) is 10.3. The first-order valence-electron chi connectivity index (χ1n) is 4.35. The molecule has 4 nitrogen and oxygen atoms in total. The Bertz CT molecular complexity index is 381. The Labute approximate surface area is 86.5 Å². The number of aromatic nitrogens is 2. The maximum Gasteiger partial charge on any atom is 0.228 e. The SMILES string of the molecule is Cc1ncnc(Cl)c1C1(C(N)=O)CC1. The van der Waals surface area contributed by atoms with E-state index >= 15 is 0 Å². The van der Waals surface area contributed by atoms with E-state index in [1.807, 2.05) is 6.92 Å². The summed E-state index contributed by atoms with van der Waals surface area (Å²) in [5, 5.41) is 0.341. The van der Waals surface area contributed by atoms with Crippen molar-refractivity contribution in [1.29, 1.82) is 0 Å². The van der Waals surface area contributed by atoms with Crippen LogP contribution in [0.3, 0.4) is 0 Å². The van der Waals surface area contributed by atoms with Crippen LogP contribution in [0.4, 0.5) is 0 Å². The van der Waals surface area contributed by atoms with Crippen LogP contribution >= 0.6 is 11.6 Å². The molecule has 2 rings (SSSR count). The van der Waals surface area contributed by atoms with Crippen molar-refractivity contribution in [2.45, 2.75) is 25.2 Å². The molecular formula is C9H10ClN3O. The molecular weight excluding hydrogens is 202 g/mol. The molecule has 0 aliphatic heterocycles. The van der Waals surface area contributed by atoms with Gasteiger partial charge < -0.3 is 5.73 Å². The molecule has 0 saturated heterocycles. The smallest absolute Gasteiger partial charge is 0.228 e. The van der Waals surface area contributed by atoms with Crippen molar-refractivity contribution < 1.29 is 4.79 Å². The van der Waals surface area contributed by atoms with Crippen molar-refractivity contribution in [3.8, 4) is 0 Å². The number of hydrogen-bond acceptors (Lipinski definition) is 3. The number of nitrogens with two attached hydrogens (primary N) is 1. The number of primary amides is 1. The Morgan fingerprint density at radius 3 is 2.64 bits per heavy atom. The molecule has 5 heteroatoms. The summed E-state index contributed by atoms with van der Waals surface area (Å²) in [7, 11) is 0. The lowest BCUT2D eigenvalue weighted by atomic mass is 9.95. The molecule has 2 N–H and O–H groups in total. The van der Waals surface area contributed by atoms with E-state index in [2.05, 4.69) is 9.97 Å². The van der Waals surface area contributed by atoms with Crippen molar-refractivity contribution in [2.24, 2.45) is 5.73 Å². The quantitative estimate of drug-likeness (QED) is 0.741. The highest BCUT2D eigenvalue weighted by Crippen LogP contribution is 2.50. The monoisotopic (exact) mass is 211 g/mol. The van der Waals surface area contributed by atoms with Gasteiger partial charge in [0.05, 0.1) is 5.41 Å². The topological polar surface area (TPSA) is 68.9 Å². The molecule has 1 aliphatic rings. The molecule has 0 aromatic carbocycles. The molecule has 14 heavy (non-hydrogen) atoms. The van der Waals surface area contributed by atoms with Crippen LogP contribution in [-0.4, -0.2) is 15.9 Å². The predicted molar refractivity (Wildman–Crippen MR) is 51.9 cm³/mol. The van der Waals surface area contributed by atoms with Crippen molar-refractivity contribution >= 4 is 17.5 Å². The zero-order valence-electron chi connectivity index (χ0n) is 7.75. The molecule has 0 radical (unpaired) electrons. The molecule has 1 saturated carbocycles. The van der Waals surface area contributed by atoms with E-state index in [0.717, 1.165) is 18.5 Å². The van der Waals surface area contributed by atoms with Gasteiger partial charge in [0.15, 0.2) is 0 Å². The average molecular weight is 212 g/mol. The van der Waals surface area contributed by atoms with Gasteiger partial charge >= 0.3 is 0 Å². The van der Waals surface area contributed by atoms with Crippen LogP contribution in [0.1, 0.15) is 24.1 Å². The number of carbonyl (C=O) groups is 1. The molecule has 1 amide bonds. The number of nitrogens with zero attached hydrogens (tertiary/aromatic N) is 2. The zero-order valence-corrected chi connectivity index (χ0v) is 8.51. The molecule has 74 valence electrons. The van der Waals surface area contributed by atoms with Crippen molar-refractivity contribution in [3.05, 3.63) is 22.7 Å². The minimum atomic E-state index is -0.595. The molecule has 0 atom stereocenters. The van der Waals surface area contributed by atoms with E-state index in [0.29, 0.717) is 10.7 Å². The first-order valence-corrected chi connectivity index (χ1v) is 4.73. The Kier molecular flexibility index (Phi) is 1.96. The summed E-state index contributed by atoms with van der Waals surface area (Å²) in [6, 6.07) is 0. The standard InChI is InChI=1S/C9H10ClN3O/c1-5-6(7(10)13-4-12-5)9(2-3-9)8(11)14/h4H,2-3H2,1H3,(H2,11,14). The average Bonchev–Trinajstić information content (AvgIpc) is 2.85. The highest BCUT2D eigenvalue weighted by atomic mass is 35.5. The normalized spacial score (nSPS) is 17.9. The number of halogens is 1. The van der Waals surface area contributed by atoms with Crippen LogP contribution < -0.4 is 5.73 Å².